The van der Waals surface area contributed by atoms with E-state index in [2.05, 4.69) is 4.74 Å². The van der Waals surface area contributed by atoms with Gasteiger partial charge in [0.05, 0.1) is 6.10 Å². The van der Waals surface area contributed by atoms with Crippen LogP contribution in [0.1, 0.15) is 18.6 Å². The largest absolute Gasteiger partial charge is 0.345 e. The van der Waals surface area contributed by atoms with E-state index in [4.69, 9.17) is 0 Å². The van der Waals surface area contributed by atoms with E-state index in [0.717, 1.165) is 5.56 Å². The fourth-order valence-corrected chi connectivity index (χ4v) is 0.957. The number of rotatable bonds is 3. The molecule has 0 aliphatic carbocycles. The lowest BCUT2D eigenvalue weighted by molar-refractivity contribution is -0.159. The molecule has 0 aliphatic rings. The molecular weight excluding hydrogens is 162 g/mol. The van der Waals surface area contributed by atoms with Crippen molar-refractivity contribution in [1.29, 1.82) is 0 Å². The quantitative estimate of drug-likeness (QED) is 0.681. The molecule has 12 heavy (non-hydrogen) atoms. The summed E-state index contributed by atoms with van der Waals surface area (Å²) < 4.78 is 27.8. The van der Waals surface area contributed by atoms with Crippen LogP contribution < -0.4 is 0 Å². The summed E-state index contributed by atoms with van der Waals surface area (Å²) in [6.45, 7) is -1.11. The maximum Gasteiger partial charge on any atom is 0.345 e. The molecule has 1 atom stereocenters. The fourth-order valence-electron chi connectivity index (χ4n) is 0.957. The van der Waals surface area contributed by atoms with E-state index in [9.17, 15) is 8.78 Å². The SMILES string of the molecule is CC(OC(F)F)c1ccccc1. The first-order valence-electron chi connectivity index (χ1n) is 3.68. The van der Waals surface area contributed by atoms with Crippen molar-refractivity contribution >= 4 is 0 Å². The van der Waals surface area contributed by atoms with Crippen molar-refractivity contribution in [2.24, 2.45) is 0 Å². The minimum Gasteiger partial charge on any atom is -0.315 e. The van der Waals surface area contributed by atoms with Crippen LogP contribution in [0.2, 0.25) is 0 Å². The molecule has 0 N–H and O–H groups in total. The highest BCUT2D eigenvalue weighted by Gasteiger charge is 2.10. The smallest absolute Gasteiger partial charge is 0.315 e. The summed E-state index contributed by atoms with van der Waals surface area (Å²) in [5.41, 5.74) is 0.762. The first-order chi connectivity index (χ1) is 5.70. The van der Waals surface area contributed by atoms with Gasteiger partial charge in [0, 0.05) is 0 Å². The Hall–Kier alpha value is -0.960. The van der Waals surface area contributed by atoms with Gasteiger partial charge in [0.25, 0.3) is 0 Å². The van der Waals surface area contributed by atoms with E-state index in [1.165, 1.54) is 0 Å². The van der Waals surface area contributed by atoms with Gasteiger partial charge in [0.1, 0.15) is 0 Å². The summed E-state index contributed by atoms with van der Waals surface area (Å²) >= 11 is 0. The molecule has 1 aromatic carbocycles. The van der Waals surface area contributed by atoms with Crippen LogP contribution in [0, 0.1) is 0 Å². The standard InChI is InChI=1S/C9H10F2O/c1-7(12-9(10)11)8-5-3-2-4-6-8/h2-7,9H,1H3. The topological polar surface area (TPSA) is 9.23 Å². The lowest BCUT2D eigenvalue weighted by Crippen LogP contribution is -2.04. The van der Waals surface area contributed by atoms with Crippen molar-refractivity contribution in [3.8, 4) is 0 Å². The molecule has 3 heteroatoms. The van der Waals surface area contributed by atoms with E-state index in [1.807, 2.05) is 6.07 Å². The zero-order valence-corrected chi connectivity index (χ0v) is 6.71. The summed E-state index contributed by atoms with van der Waals surface area (Å²) in [5, 5.41) is 0. The van der Waals surface area contributed by atoms with Gasteiger partial charge in [-0.3, -0.25) is 0 Å². The van der Waals surface area contributed by atoms with Gasteiger partial charge in [-0.15, -0.1) is 0 Å². The molecule has 0 fully saturated rings. The average molecular weight is 172 g/mol. The van der Waals surface area contributed by atoms with Gasteiger partial charge in [0.15, 0.2) is 0 Å². The van der Waals surface area contributed by atoms with Crippen molar-refractivity contribution in [2.75, 3.05) is 0 Å². The highest BCUT2D eigenvalue weighted by atomic mass is 19.3. The Morgan fingerprint density at radius 1 is 1.17 bits per heavy atom. The van der Waals surface area contributed by atoms with Crippen molar-refractivity contribution in [2.45, 2.75) is 19.6 Å². The van der Waals surface area contributed by atoms with Gasteiger partial charge >= 0.3 is 6.61 Å². The third-order valence-corrected chi connectivity index (χ3v) is 1.58. The molecule has 0 aliphatic heterocycles. The number of hydrogen-bond acceptors (Lipinski definition) is 1. The third kappa shape index (κ3) is 2.58. The molecule has 66 valence electrons. The van der Waals surface area contributed by atoms with E-state index in [-0.39, 0.29) is 0 Å². The predicted octanol–water partition coefficient (Wildman–Crippen LogP) is 2.99. The Bertz CT molecular complexity index is 223. The molecule has 1 aromatic rings. The molecule has 0 bridgehead atoms. The van der Waals surface area contributed by atoms with Crippen molar-refractivity contribution in [1.82, 2.24) is 0 Å². The van der Waals surface area contributed by atoms with Crippen LogP contribution in [-0.2, 0) is 4.74 Å². The maximum absolute atomic E-state index is 11.7. The van der Waals surface area contributed by atoms with E-state index in [1.54, 1.807) is 31.2 Å². The second-order valence-corrected chi connectivity index (χ2v) is 2.45. The van der Waals surface area contributed by atoms with Gasteiger partial charge in [0.2, 0.25) is 0 Å². The Labute approximate surface area is 70.0 Å². The Morgan fingerprint density at radius 3 is 2.25 bits per heavy atom. The number of ether oxygens (including phenoxy) is 1. The number of hydrogen-bond donors (Lipinski definition) is 0. The number of benzene rings is 1. The molecular formula is C9H10F2O. The van der Waals surface area contributed by atoms with E-state index >= 15 is 0 Å². The van der Waals surface area contributed by atoms with Gasteiger partial charge in [-0.1, -0.05) is 30.3 Å². The second-order valence-electron chi connectivity index (χ2n) is 2.45. The predicted molar refractivity (Wildman–Crippen MR) is 41.9 cm³/mol. The van der Waals surface area contributed by atoms with Gasteiger partial charge in [-0.25, -0.2) is 0 Å². The molecule has 1 rings (SSSR count). The van der Waals surface area contributed by atoms with Crippen LogP contribution in [0.15, 0.2) is 30.3 Å². The van der Waals surface area contributed by atoms with Crippen molar-refractivity contribution in [3.05, 3.63) is 35.9 Å². The Morgan fingerprint density at radius 2 is 1.75 bits per heavy atom. The van der Waals surface area contributed by atoms with E-state index < -0.39 is 12.7 Å². The zero-order valence-electron chi connectivity index (χ0n) is 6.71. The molecule has 0 saturated carbocycles. The molecule has 0 radical (unpaired) electrons. The van der Waals surface area contributed by atoms with Crippen LogP contribution in [0.25, 0.3) is 0 Å². The van der Waals surface area contributed by atoms with Crippen LogP contribution in [0.3, 0.4) is 0 Å². The van der Waals surface area contributed by atoms with Gasteiger partial charge in [-0.05, 0) is 12.5 Å². The molecule has 1 unspecified atom stereocenters. The summed E-state index contributed by atoms with van der Waals surface area (Å²) in [4.78, 5) is 0. The van der Waals surface area contributed by atoms with Crippen molar-refractivity contribution in [3.63, 3.8) is 0 Å². The van der Waals surface area contributed by atoms with Crippen LogP contribution in [0.4, 0.5) is 8.78 Å². The first-order valence-corrected chi connectivity index (χ1v) is 3.68. The van der Waals surface area contributed by atoms with Crippen molar-refractivity contribution < 1.29 is 13.5 Å². The monoisotopic (exact) mass is 172 g/mol. The number of alkyl halides is 2. The van der Waals surface area contributed by atoms with E-state index in [0.29, 0.717) is 0 Å². The minimum atomic E-state index is -2.71. The molecule has 0 saturated heterocycles. The minimum absolute atomic E-state index is 0.550. The molecule has 0 amide bonds. The maximum atomic E-state index is 11.7. The molecule has 0 heterocycles. The fraction of sp³-hybridized carbons (Fsp3) is 0.333. The third-order valence-electron chi connectivity index (χ3n) is 1.58. The number of halogens is 2. The highest BCUT2D eigenvalue weighted by molar-refractivity contribution is 5.16. The lowest BCUT2D eigenvalue weighted by atomic mass is 10.1. The summed E-state index contributed by atoms with van der Waals surface area (Å²) in [6.07, 6.45) is -0.550. The Balaban J connectivity index is 2.59. The zero-order chi connectivity index (χ0) is 8.97. The molecule has 1 nitrogen and oxygen atoms in total. The first kappa shape index (κ1) is 9.13. The summed E-state index contributed by atoms with van der Waals surface area (Å²) in [6, 6.07) is 8.93. The summed E-state index contributed by atoms with van der Waals surface area (Å²) in [5.74, 6) is 0. The lowest BCUT2D eigenvalue weighted by Gasteiger charge is -2.11. The van der Waals surface area contributed by atoms with Gasteiger partial charge < -0.3 is 4.74 Å². The summed E-state index contributed by atoms with van der Waals surface area (Å²) in [7, 11) is 0. The normalized spacial score (nSPS) is 13.3. The van der Waals surface area contributed by atoms with Crippen LogP contribution in [0.5, 0.6) is 0 Å². The average Bonchev–Trinajstić information content (AvgIpc) is 2.05. The Kier molecular flexibility index (Phi) is 3.17. The highest BCUT2D eigenvalue weighted by Crippen LogP contribution is 2.18. The van der Waals surface area contributed by atoms with Crippen LogP contribution in [-0.4, -0.2) is 6.61 Å². The van der Waals surface area contributed by atoms with Crippen LogP contribution >= 0.6 is 0 Å². The van der Waals surface area contributed by atoms with Gasteiger partial charge in [-0.2, -0.15) is 8.78 Å². The second kappa shape index (κ2) is 4.16. The molecule has 0 spiro atoms. The molecule has 0 aromatic heterocycles.